The van der Waals surface area contributed by atoms with E-state index in [9.17, 15) is 4.79 Å². The van der Waals surface area contributed by atoms with Crippen molar-refractivity contribution in [2.45, 2.75) is 25.7 Å². The van der Waals surface area contributed by atoms with Gasteiger partial charge in [0, 0.05) is 6.54 Å². The number of carbonyl (C=O) groups excluding carboxylic acids is 1. The van der Waals surface area contributed by atoms with Crippen molar-refractivity contribution >= 4 is 5.91 Å². The number of hydrogen-bond donors (Lipinski definition) is 1. The van der Waals surface area contributed by atoms with Gasteiger partial charge in [0.2, 0.25) is 0 Å². The molecule has 1 N–H and O–H groups in total. The maximum Gasteiger partial charge on any atom is 0.257 e. The van der Waals surface area contributed by atoms with E-state index >= 15 is 0 Å². The summed E-state index contributed by atoms with van der Waals surface area (Å²) in [6, 6.07) is 8.76. The van der Waals surface area contributed by atoms with Crippen LogP contribution in [-0.2, 0) is 4.79 Å². The average molecular weight is 258 g/mol. The van der Waals surface area contributed by atoms with Crippen LogP contribution in [0, 0.1) is 17.2 Å². The number of nitrogens with one attached hydrogen (secondary N) is 1. The highest BCUT2D eigenvalue weighted by Gasteiger charge is 2.16. The van der Waals surface area contributed by atoms with Gasteiger partial charge in [-0.1, -0.05) is 19.3 Å². The van der Waals surface area contributed by atoms with Crippen molar-refractivity contribution in [2.75, 3.05) is 13.2 Å². The van der Waals surface area contributed by atoms with Gasteiger partial charge in [-0.25, -0.2) is 0 Å². The van der Waals surface area contributed by atoms with Gasteiger partial charge in [0.1, 0.15) is 5.75 Å². The molecule has 0 aromatic heterocycles. The monoisotopic (exact) mass is 258 g/mol. The van der Waals surface area contributed by atoms with Crippen molar-refractivity contribution in [1.29, 1.82) is 5.26 Å². The summed E-state index contributed by atoms with van der Waals surface area (Å²) in [5.41, 5.74) is 0.581. The molecule has 1 amide bonds. The molecule has 19 heavy (non-hydrogen) atoms. The van der Waals surface area contributed by atoms with E-state index in [1.165, 1.54) is 19.3 Å². The lowest BCUT2D eigenvalue weighted by atomic mass is 9.83. The predicted octanol–water partition coefficient (Wildman–Crippen LogP) is 2.24. The molecule has 0 aliphatic heterocycles. The molecule has 1 aliphatic carbocycles. The van der Waals surface area contributed by atoms with Gasteiger partial charge in [0.15, 0.2) is 6.61 Å². The first kappa shape index (κ1) is 13.4. The zero-order valence-corrected chi connectivity index (χ0v) is 10.9. The molecular weight excluding hydrogens is 240 g/mol. The number of nitrogens with zero attached hydrogens (tertiary/aromatic N) is 1. The fourth-order valence-corrected chi connectivity index (χ4v) is 2.02. The number of carbonyl (C=O) groups is 1. The molecule has 2 rings (SSSR count). The minimum Gasteiger partial charge on any atom is -0.484 e. The molecular formula is C15H18N2O2. The SMILES string of the molecule is N#Cc1ccc(OCC(=O)NCCC2CCC2)cc1. The first-order chi connectivity index (χ1) is 9.28. The zero-order valence-electron chi connectivity index (χ0n) is 10.9. The minimum atomic E-state index is -0.0938. The van der Waals surface area contributed by atoms with Crippen molar-refractivity contribution in [2.24, 2.45) is 5.92 Å². The smallest absolute Gasteiger partial charge is 0.257 e. The Balaban J connectivity index is 1.63. The average Bonchev–Trinajstić information content (AvgIpc) is 2.40. The van der Waals surface area contributed by atoms with Crippen LogP contribution in [0.3, 0.4) is 0 Å². The van der Waals surface area contributed by atoms with Crippen LogP contribution in [0.2, 0.25) is 0 Å². The number of benzene rings is 1. The van der Waals surface area contributed by atoms with E-state index in [1.807, 2.05) is 6.07 Å². The molecule has 4 nitrogen and oxygen atoms in total. The summed E-state index contributed by atoms with van der Waals surface area (Å²) in [6.07, 6.45) is 5.01. The Morgan fingerprint density at radius 3 is 2.68 bits per heavy atom. The van der Waals surface area contributed by atoms with E-state index in [-0.39, 0.29) is 12.5 Å². The summed E-state index contributed by atoms with van der Waals surface area (Å²) < 4.78 is 5.34. The molecule has 0 radical (unpaired) electrons. The van der Waals surface area contributed by atoms with Gasteiger partial charge in [0.25, 0.3) is 5.91 Å². The van der Waals surface area contributed by atoms with Crippen molar-refractivity contribution < 1.29 is 9.53 Å². The van der Waals surface area contributed by atoms with E-state index in [4.69, 9.17) is 10.00 Å². The highest BCUT2D eigenvalue weighted by atomic mass is 16.5. The van der Waals surface area contributed by atoms with E-state index in [2.05, 4.69) is 5.32 Å². The van der Waals surface area contributed by atoms with Crippen molar-refractivity contribution in [1.82, 2.24) is 5.32 Å². The quantitative estimate of drug-likeness (QED) is 0.851. The topological polar surface area (TPSA) is 62.1 Å². The van der Waals surface area contributed by atoms with E-state index < -0.39 is 0 Å². The maximum absolute atomic E-state index is 11.5. The third-order valence-corrected chi connectivity index (χ3v) is 3.45. The second-order valence-electron chi connectivity index (χ2n) is 4.86. The van der Waals surface area contributed by atoms with Crippen LogP contribution in [0.15, 0.2) is 24.3 Å². The van der Waals surface area contributed by atoms with E-state index in [0.717, 1.165) is 18.9 Å². The van der Waals surface area contributed by atoms with Crippen LogP contribution >= 0.6 is 0 Å². The summed E-state index contributed by atoms with van der Waals surface area (Å²) in [6.45, 7) is 0.761. The second kappa shape index (κ2) is 6.79. The molecule has 0 atom stereocenters. The summed E-state index contributed by atoms with van der Waals surface area (Å²) in [7, 11) is 0. The van der Waals surface area contributed by atoms with E-state index in [1.54, 1.807) is 24.3 Å². The molecule has 100 valence electrons. The highest BCUT2D eigenvalue weighted by Crippen LogP contribution is 2.28. The largest absolute Gasteiger partial charge is 0.484 e. The molecule has 0 saturated heterocycles. The van der Waals surface area contributed by atoms with Gasteiger partial charge in [0.05, 0.1) is 11.6 Å². The number of ether oxygens (including phenoxy) is 1. The molecule has 0 spiro atoms. The molecule has 1 aliphatic rings. The molecule has 4 heteroatoms. The Bertz CT molecular complexity index is 458. The van der Waals surface area contributed by atoms with Gasteiger partial charge in [-0.15, -0.1) is 0 Å². The van der Waals surface area contributed by atoms with Crippen LogP contribution in [0.5, 0.6) is 5.75 Å². The van der Waals surface area contributed by atoms with Gasteiger partial charge < -0.3 is 10.1 Å². The first-order valence-corrected chi connectivity index (χ1v) is 6.67. The molecule has 1 aromatic carbocycles. The summed E-state index contributed by atoms with van der Waals surface area (Å²) in [5, 5.41) is 11.5. The fourth-order valence-electron chi connectivity index (χ4n) is 2.02. The number of hydrogen-bond acceptors (Lipinski definition) is 3. The Morgan fingerprint density at radius 2 is 2.11 bits per heavy atom. The third kappa shape index (κ3) is 4.29. The Hall–Kier alpha value is -2.02. The van der Waals surface area contributed by atoms with Gasteiger partial charge >= 0.3 is 0 Å². The Labute approximate surface area is 113 Å². The van der Waals surface area contributed by atoms with Crippen molar-refractivity contribution in [3.63, 3.8) is 0 Å². The lowest BCUT2D eigenvalue weighted by Gasteiger charge is -2.25. The molecule has 1 saturated carbocycles. The number of nitriles is 1. The fraction of sp³-hybridized carbons (Fsp3) is 0.467. The summed E-state index contributed by atoms with van der Waals surface area (Å²) in [4.78, 5) is 11.5. The Kier molecular flexibility index (Phi) is 4.79. The zero-order chi connectivity index (χ0) is 13.5. The normalized spacial score (nSPS) is 14.3. The molecule has 0 heterocycles. The highest BCUT2D eigenvalue weighted by molar-refractivity contribution is 5.77. The summed E-state index contributed by atoms with van der Waals surface area (Å²) in [5.74, 6) is 1.32. The van der Waals surface area contributed by atoms with Gasteiger partial charge in [-0.3, -0.25) is 4.79 Å². The van der Waals surface area contributed by atoms with Crippen LogP contribution in [0.4, 0.5) is 0 Å². The van der Waals surface area contributed by atoms with Crippen LogP contribution in [0.25, 0.3) is 0 Å². The lowest BCUT2D eigenvalue weighted by Crippen LogP contribution is -2.31. The molecule has 0 bridgehead atoms. The Morgan fingerprint density at radius 1 is 1.37 bits per heavy atom. The van der Waals surface area contributed by atoms with E-state index in [0.29, 0.717) is 11.3 Å². The second-order valence-corrected chi connectivity index (χ2v) is 4.86. The van der Waals surface area contributed by atoms with Crippen LogP contribution in [-0.4, -0.2) is 19.1 Å². The van der Waals surface area contributed by atoms with Crippen molar-refractivity contribution in [3.8, 4) is 11.8 Å². The maximum atomic E-state index is 11.5. The predicted molar refractivity (Wildman–Crippen MR) is 71.6 cm³/mol. The van der Waals surface area contributed by atoms with Crippen LogP contribution in [0.1, 0.15) is 31.2 Å². The van der Waals surface area contributed by atoms with Gasteiger partial charge in [-0.05, 0) is 36.6 Å². The lowest BCUT2D eigenvalue weighted by molar-refractivity contribution is -0.123. The minimum absolute atomic E-state index is 0.0244. The number of rotatable bonds is 6. The van der Waals surface area contributed by atoms with Crippen molar-refractivity contribution in [3.05, 3.63) is 29.8 Å². The number of amides is 1. The third-order valence-electron chi connectivity index (χ3n) is 3.45. The summed E-state index contributed by atoms with van der Waals surface area (Å²) >= 11 is 0. The molecule has 0 unspecified atom stereocenters. The van der Waals surface area contributed by atoms with Crippen LogP contribution < -0.4 is 10.1 Å². The molecule has 1 aromatic rings. The molecule has 1 fully saturated rings. The standard InChI is InChI=1S/C15H18N2O2/c16-10-13-4-6-14(7-5-13)19-11-15(18)17-9-8-12-2-1-3-12/h4-7,12H,1-3,8-9,11H2,(H,17,18). The first-order valence-electron chi connectivity index (χ1n) is 6.67. The van der Waals surface area contributed by atoms with Gasteiger partial charge in [-0.2, -0.15) is 5.26 Å².